The number of benzene rings is 1. The highest BCUT2D eigenvalue weighted by molar-refractivity contribution is 7.14. The van der Waals surface area contributed by atoms with E-state index >= 15 is 0 Å². The molecular weight excluding hydrogens is 358 g/mol. The number of aromatic nitrogens is 1. The third-order valence-electron chi connectivity index (χ3n) is 3.57. The van der Waals surface area contributed by atoms with E-state index < -0.39 is 0 Å². The van der Waals surface area contributed by atoms with Crippen LogP contribution >= 0.6 is 22.7 Å². The number of urea groups is 1. The first-order valence-corrected chi connectivity index (χ1v) is 9.47. The Bertz CT molecular complexity index is 877. The number of hydrogen-bond donors (Lipinski definition) is 2. The lowest BCUT2D eigenvalue weighted by atomic mass is 10.1. The fourth-order valence-electron chi connectivity index (χ4n) is 2.39. The van der Waals surface area contributed by atoms with Crippen molar-refractivity contribution < 1.29 is 14.3 Å². The molecule has 2 aromatic heterocycles. The Morgan fingerprint density at radius 2 is 2.04 bits per heavy atom. The summed E-state index contributed by atoms with van der Waals surface area (Å²) in [5, 5.41) is 10.0. The predicted octanol–water partition coefficient (Wildman–Crippen LogP) is 3.96. The third kappa shape index (κ3) is 3.75. The molecule has 4 rings (SSSR count). The van der Waals surface area contributed by atoms with Crippen molar-refractivity contribution in [2.75, 3.05) is 18.5 Å². The Balaban J connectivity index is 1.40. The first kappa shape index (κ1) is 15.9. The lowest BCUT2D eigenvalue weighted by Crippen LogP contribution is -2.27. The van der Waals surface area contributed by atoms with Gasteiger partial charge in [0.2, 0.25) is 0 Å². The van der Waals surface area contributed by atoms with Gasteiger partial charge in [-0.25, -0.2) is 9.78 Å². The lowest BCUT2D eigenvalue weighted by Gasteiger charge is -2.18. The Hall–Kier alpha value is -2.58. The molecule has 0 saturated heterocycles. The van der Waals surface area contributed by atoms with Gasteiger partial charge in [-0.1, -0.05) is 6.07 Å². The summed E-state index contributed by atoms with van der Waals surface area (Å²) in [6.45, 7) is 1.62. The van der Waals surface area contributed by atoms with Crippen molar-refractivity contribution >= 4 is 33.8 Å². The number of thiazole rings is 1. The second kappa shape index (κ2) is 7.12. The number of carbonyl (C=O) groups excluding carboxylic acids is 1. The van der Waals surface area contributed by atoms with Gasteiger partial charge in [-0.2, -0.15) is 0 Å². The molecule has 0 aliphatic carbocycles. The third-order valence-corrected chi connectivity index (χ3v) is 5.20. The van der Waals surface area contributed by atoms with Crippen LogP contribution in [0.1, 0.15) is 4.88 Å². The minimum atomic E-state index is -0.267. The molecule has 0 unspecified atom stereocenters. The van der Waals surface area contributed by atoms with Gasteiger partial charge in [0.15, 0.2) is 16.6 Å². The predicted molar refractivity (Wildman–Crippen MR) is 98.7 cm³/mol. The molecule has 3 aromatic rings. The van der Waals surface area contributed by atoms with Gasteiger partial charge in [0.25, 0.3) is 0 Å². The molecule has 0 fully saturated rings. The zero-order valence-corrected chi connectivity index (χ0v) is 14.8. The maximum Gasteiger partial charge on any atom is 0.321 e. The molecule has 8 heteroatoms. The molecule has 1 aliphatic rings. The second-order valence-corrected chi connectivity index (χ2v) is 7.17. The molecule has 1 aliphatic heterocycles. The number of nitrogens with zero attached hydrogens (tertiary/aromatic N) is 1. The maximum atomic E-state index is 12.0. The second-order valence-electron chi connectivity index (χ2n) is 5.28. The van der Waals surface area contributed by atoms with Crippen LogP contribution in [0.2, 0.25) is 0 Å². The summed E-state index contributed by atoms with van der Waals surface area (Å²) in [4.78, 5) is 17.5. The van der Waals surface area contributed by atoms with Crippen LogP contribution in [0.15, 0.2) is 41.1 Å². The van der Waals surface area contributed by atoms with Crippen LogP contribution in [-0.2, 0) is 6.54 Å². The summed E-state index contributed by atoms with van der Waals surface area (Å²) < 4.78 is 11.1. The van der Waals surface area contributed by atoms with E-state index in [2.05, 4.69) is 15.6 Å². The molecule has 0 saturated carbocycles. The van der Waals surface area contributed by atoms with Gasteiger partial charge in [0.05, 0.1) is 12.2 Å². The Labute approximate surface area is 152 Å². The highest BCUT2D eigenvalue weighted by Gasteiger charge is 2.14. The summed E-state index contributed by atoms with van der Waals surface area (Å²) in [7, 11) is 0. The van der Waals surface area contributed by atoms with Crippen molar-refractivity contribution in [2.24, 2.45) is 0 Å². The van der Waals surface area contributed by atoms with E-state index in [1.54, 1.807) is 11.3 Å². The minimum absolute atomic E-state index is 0.267. The number of nitrogens with one attached hydrogen (secondary N) is 2. The van der Waals surface area contributed by atoms with E-state index in [1.165, 1.54) is 11.3 Å². The average molecular weight is 373 g/mol. The first-order chi connectivity index (χ1) is 12.3. The minimum Gasteiger partial charge on any atom is -0.486 e. The van der Waals surface area contributed by atoms with Gasteiger partial charge >= 0.3 is 6.03 Å². The topological polar surface area (TPSA) is 72.5 Å². The standard InChI is InChI=1S/C17H15N3O3S2/c21-16(18-9-12-2-1-7-24-12)20-17-19-13(10-25-17)11-3-4-14-15(8-11)23-6-5-22-14/h1-4,7-8,10H,5-6,9H2,(H2,18,19,20,21). The van der Waals surface area contributed by atoms with Crippen LogP contribution in [0.3, 0.4) is 0 Å². The van der Waals surface area contributed by atoms with Gasteiger partial charge in [-0.3, -0.25) is 5.32 Å². The highest BCUT2D eigenvalue weighted by Crippen LogP contribution is 2.35. The van der Waals surface area contributed by atoms with Crippen molar-refractivity contribution in [3.8, 4) is 22.8 Å². The maximum absolute atomic E-state index is 12.0. The molecule has 6 nitrogen and oxygen atoms in total. The van der Waals surface area contributed by atoms with Gasteiger partial charge in [0.1, 0.15) is 13.2 Å². The Morgan fingerprint density at radius 1 is 1.16 bits per heavy atom. The summed E-state index contributed by atoms with van der Waals surface area (Å²) in [6.07, 6.45) is 0. The Morgan fingerprint density at radius 3 is 2.88 bits per heavy atom. The van der Waals surface area contributed by atoms with Crippen molar-refractivity contribution in [1.29, 1.82) is 0 Å². The van der Waals surface area contributed by atoms with E-state index in [9.17, 15) is 4.79 Å². The number of rotatable bonds is 4. The largest absolute Gasteiger partial charge is 0.486 e. The van der Waals surface area contributed by atoms with Crippen LogP contribution < -0.4 is 20.1 Å². The number of fused-ring (bicyclic) bond motifs is 1. The van der Waals surface area contributed by atoms with Crippen LogP contribution in [0, 0.1) is 0 Å². The normalized spacial score (nSPS) is 12.6. The fourth-order valence-corrected chi connectivity index (χ4v) is 3.75. The lowest BCUT2D eigenvalue weighted by molar-refractivity contribution is 0.171. The zero-order chi connectivity index (χ0) is 17.1. The first-order valence-electron chi connectivity index (χ1n) is 7.71. The number of amides is 2. The van der Waals surface area contributed by atoms with E-state index in [0.29, 0.717) is 24.9 Å². The van der Waals surface area contributed by atoms with Gasteiger partial charge < -0.3 is 14.8 Å². The molecule has 0 radical (unpaired) electrons. The van der Waals surface area contributed by atoms with Gasteiger partial charge in [0, 0.05) is 15.8 Å². The number of thiophene rings is 1. The van der Waals surface area contributed by atoms with E-state index in [4.69, 9.17) is 9.47 Å². The summed E-state index contributed by atoms with van der Waals surface area (Å²) in [5.74, 6) is 1.47. The molecule has 2 N–H and O–H groups in total. The molecule has 2 amide bonds. The molecule has 0 bridgehead atoms. The van der Waals surface area contributed by atoms with Crippen molar-refractivity contribution in [1.82, 2.24) is 10.3 Å². The molecule has 0 atom stereocenters. The average Bonchev–Trinajstić information content (AvgIpc) is 3.31. The number of ether oxygens (including phenoxy) is 2. The smallest absolute Gasteiger partial charge is 0.321 e. The van der Waals surface area contributed by atoms with Gasteiger partial charge in [-0.05, 0) is 29.6 Å². The van der Waals surface area contributed by atoms with Crippen molar-refractivity contribution in [3.05, 3.63) is 46.0 Å². The summed E-state index contributed by atoms with van der Waals surface area (Å²) in [6, 6.07) is 9.39. The number of hydrogen-bond acceptors (Lipinski definition) is 6. The molecule has 0 spiro atoms. The van der Waals surface area contributed by atoms with Crippen molar-refractivity contribution in [3.63, 3.8) is 0 Å². The van der Waals surface area contributed by atoms with E-state index in [1.807, 2.05) is 41.1 Å². The van der Waals surface area contributed by atoms with E-state index in [-0.39, 0.29) is 6.03 Å². The monoisotopic (exact) mass is 373 g/mol. The number of anilines is 1. The number of carbonyl (C=O) groups is 1. The quantitative estimate of drug-likeness (QED) is 0.726. The molecule has 3 heterocycles. The van der Waals surface area contributed by atoms with Gasteiger partial charge in [-0.15, -0.1) is 22.7 Å². The van der Waals surface area contributed by atoms with Crippen LogP contribution in [0.4, 0.5) is 9.93 Å². The molecule has 128 valence electrons. The molecule has 1 aromatic carbocycles. The van der Waals surface area contributed by atoms with Crippen LogP contribution in [0.25, 0.3) is 11.3 Å². The van der Waals surface area contributed by atoms with Crippen LogP contribution in [0.5, 0.6) is 11.5 Å². The zero-order valence-electron chi connectivity index (χ0n) is 13.2. The summed E-state index contributed by atoms with van der Waals surface area (Å²) in [5.41, 5.74) is 1.71. The van der Waals surface area contributed by atoms with Crippen molar-refractivity contribution in [2.45, 2.75) is 6.54 Å². The SMILES string of the molecule is O=C(NCc1cccs1)Nc1nc(-c2ccc3c(c2)OCCO3)cs1. The summed E-state index contributed by atoms with van der Waals surface area (Å²) >= 11 is 2.99. The van der Waals surface area contributed by atoms with Crippen LogP contribution in [-0.4, -0.2) is 24.2 Å². The molecule has 25 heavy (non-hydrogen) atoms. The highest BCUT2D eigenvalue weighted by atomic mass is 32.1. The van der Waals surface area contributed by atoms with E-state index in [0.717, 1.165) is 27.6 Å². The Kier molecular flexibility index (Phi) is 4.53. The fraction of sp³-hybridized carbons (Fsp3) is 0.176. The molecular formula is C17H15N3O3S2.